The van der Waals surface area contributed by atoms with Gasteiger partial charge in [-0.05, 0) is 62.2 Å². The van der Waals surface area contributed by atoms with Crippen molar-refractivity contribution in [2.24, 2.45) is 16.7 Å². The summed E-state index contributed by atoms with van der Waals surface area (Å²) >= 11 is 0. The van der Waals surface area contributed by atoms with Gasteiger partial charge in [-0.3, -0.25) is 0 Å². The summed E-state index contributed by atoms with van der Waals surface area (Å²) < 4.78 is 4.78. The van der Waals surface area contributed by atoms with Crippen LogP contribution in [0.15, 0.2) is 11.6 Å². The van der Waals surface area contributed by atoms with Crippen molar-refractivity contribution in [3.63, 3.8) is 0 Å². The number of carbonyl (C=O) groups is 1. The lowest BCUT2D eigenvalue weighted by Gasteiger charge is -2.64. The Hall–Kier alpha value is -0.870. The van der Waals surface area contributed by atoms with Crippen LogP contribution >= 0.6 is 0 Å². The zero-order valence-corrected chi connectivity index (χ0v) is 12.3. The van der Waals surface area contributed by atoms with E-state index in [0.29, 0.717) is 24.3 Å². The van der Waals surface area contributed by atoms with Crippen molar-refractivity contribution in [2.45, 2.75) is 51.0 Å². The van der Waals surface area contributed by atoms with Crippen LogP contribution in [0.25, 0.3) is 0 Å². The second-order valence-corrected chi connectivity index (χ2v) is 7.57. The maximum absolute atomic E-state index is 11.7. The lowest BCUT2D eigenvalue weighted by molar-refractivity contribution is -0.196. The topological polar surface area (TPSA) is 66.8 Å². The Balaban J connectivity index is 1.96. The lowest BCUT2D eigenvalue weighted by Crippen LogP contribution is -2.60. The van der Waals surface area contributed by atoms with Gasteiger partial charge >= 0.3 is 5.97 Å². The molecule has 4 saturated carbocycles. The molecule has 4 aliphatic carbocycles. The molecule has 4 bridgehead atoms. The van der Waals surface area contributed by atoms with Crippen LogP contribution in [0.2, 0.25) is 0 Å². The third-order valence-electron chi connectivity index (χ3n) is 5.56. The highest BCUT2D eigenvalue weighted by Crippen LogP contribution is 2.67. The molecule has 4 atom stereocenters. The summed E-state index contributed by atoms with van der Waals surface area (Å²) in [5.74, 6) is 0.163. The van der Waals surface area contributed by atoms with Gasteiger partial charge in [0, 0.05) is 12.2 Å². The van der Waals surface area contributed by atoms with E-state index in [0.717, 1.165) is 25.7 Å². The van der Waals surface area contributed by atoms with Gasteiger partial charge in [0.15, 0.2) is 0 Å². The molecular formula is C16H24O4. The van der Waals surface area contributed by atoms with Crippen molar-refractivity contribution in [3.8, 4) is 0 Å². The Morgan fingerprint density at radius 3 is 2.65 bits per heavy atom. The molecule has 4 rings (SSSR count). The fraction of sp³-hybridized carbons (Fsp3) is 0.812. The third-order valence-corrected chi connectivity index (χ3v) is 5.56. The molecule has 4 nitrogen and oxygen atoms in total. The van der Waals surface area contributed by atoms with Crippen LogP contribution < -0.4 is 0 Å². The maximum atomic E-state index is 11.7. The largest absolute Gasteiger partial charge is 0.466 e. The number of ether oxygens (including phenoxy) is 1. The predicted molar refractivity (Wildman–Crippen MR) is 73.9 cm³/mol. The molecule has 20 heavy (non-hydrogen) atoms. The molecule has 0 amide bonds. The molecular weight excluding hydrogens is 256 g/mol. The van der Waals surface area contributed by atoms with Gasteiger partial charge in [0.05, 0.1) is 12.7 Å². The average molecular weight is 280 g/mol. The van der Waals surface area contributed by atoms with Crippen molar-refractivity contribution in [1.29, 1.82) is 0 Å². The number of carbonyl (C=O) groups excluding carboxylic acids is 1. The third kappa shape index (κ3) is 2.09. The summed E-state index contributed by atoms with van der Waals surface area (Å²) in [6.45, 7) is 1.92. The minimum atomic E-state index is -0.658. The van der Waals surface area contributed by atoms with Crippen molar-refractivity contribution in [3.05, 3.63) is 11.6 Å². The van der Waals surface area contributed by atoms with Gasteiger partial charge in [-0.1, -0.05) is 6.08 Å². The molecule has 4 fully saturated rings. The number of esters is 1. The summed E-state index contributed by atoms with van der Waals surface area (Å²) in [4.78, 5) is 11.7. The van der Waals surface area contributed by atoms with Crippen LogP contribution in [0.3, 0.4) is 0 Å². The second kappa shape index (κ2) is 4.31. The Bertz CT molecular complexity index is 471. The first-order valence-corrected chi connectivity index (χ1v) is 7.44. The van der Waals surface area contributed by atoms with E-state index < -0.39 is 5.60 Å². The highest BCUT2D eigenvalue weighted by molar-refractivity contribution is 5.87. The van der Waals surface area contributed by atoms with Crippen molar-refractivity contribution in [2.75, 3.05) is 13.7 Å². The highest BCUT2D eigenvalue weighted by atomic mass is 16.5. The Morgan fingerprint density at radius 1 is 1.30 bits per heavy atom. The summed E-state index contributed by atoms with van der Waals surface area (Å²) in [5, 5.41) is 20.6. The van der Waals surface area contributed by atoms with E-state index in [1.807, 2.05) is 6.08 Å². The number of hydrogen-bond donors (Lipinski definition) is 2. The van der Waals surface area contributed by atoms with Gasteiger partial charge < -0.3 is 14.9 Å². The fourth-order valence-corrected chi connectivity index (χ4v) is 5.68. The van der Waals surface area contributed by atoms with Crippen LogP contribution in [-0.2, 0) is 9.53 Å². The van der Waals surface area contributed by atoms with Gasteiger partial charge in [0.1, 0.15) is 0 Å². The van der Waals surface area contributed by atoms with Crippen LogP contribution in [0.4, 0.5) is 0 Å². The molecule has 0 aromatic heterocycles. The van der Waals surface area contributed by atoms with E-state index in [1.165, 1.54) is 7.11 Å². The van der Waals surface area contributed by atoms with E-state index in [4.69, 9.17) is 4.74 Å². The molecule has 112 valence electrons. The minimum Gasteiger partial charge on any atom is -0.466 e. The SMILES string of the molecule is COC(=O)/C(C)=C/C12CC3CC(O)(C1)CC(CO)(C3)C2. The monoisotopic (exact) mass is 280 g/mol. The molecule has 0 heterocycles. The van der Waals surface area contributed by atoms with Crippen molar-refractivity contribution >= 4 is 5.97 Å². The van der Waals surface area contributed by atoms with E-state index >= 15 is 0 Å². The predicted octanol–water partition coefficient (Wildman–Crippen LogP) is 1.80. The first-order valence-electron chi connectivity index (χ1n) is 7.44. The Labute approximate surface area is 119 Å². The van der Waals surface area contributed by atoms with Gasteiger partial charge in [-0.25, -0.2) is 4.79 Å². The lowest BCUT2D eigenvalue weighted by atomic mass is 9.42. The van der Waals surface area contributed by atoms with Gasteiger partial charge in [0.2, 0.25) is 0 Å². The summed E-state index contributed by atoms with van der Waals surface area (Å²) in [6, 6.07) is 0. The molecule has 4 unspecified atom stereocenters. The average Bonchev–Trinajstić information content (AvgIpc) is 2.34. The van der Waals surface area contributed by atoms with Gasteiger partial charge in [-0.15, -0.1) is 0 Å². The van der Waals surface area contributed by atoms with Crippen LogP contribution in [0, 0.1) is 16.7 Å². The quantitative estimate of drug-likeness (QED) is 0.611. The fourth-order valence-electron chi connectivity index (χ4n) is 5.68. The normalized spacial score (nSPS) is 46.6. The second-order valence-electron chi connectivity index (χ2n) is 7.57. The first kappa shape index (κ1) is 14.1. The van der Waals surface area contributed by atoms with E-state index in [9.17, 15) is 15.0 Å². The molecule has 0 saturated heterocycles. The molecule has 0 aromatic rings. The standard InChI is InChI=1S/C16H24O4/c1-11(13(18)20-2)3-14-4-12-5-15(7-14,10-17)9-16(19,6-12)8-14/h3,12,17,19H,4-10H2,1-2H3/b11-3+. The molecule has 0 radical (unpaired) electrons. The van der Waals surface area contributed by atoms with E-state index in [1.54, 1.807) is 6.92 Å². The highest BCUT2D eigenvalue weighted by Gasteiger charge is 2.62. The van der Waals surface area contributed by atoms with Crippen LogP contribution in [-0.4, -0.2) is 35.5 Å². The number of methoxy groups -OCH3 is 1. The van der Waals surface area contributed by atoms with Crippen molar-refractivity contribution < 1.29 is 19.7 Å². The summed E-state index contributed by atoms with van der Waals surface area (Å²) in [5.41, 5.74) is -0.336. The van der Waals surface area contributed by atoms with Crippen molar-refractivity contribution in [1.82, 2.24) is 0 Å². The first-order chi connectivity index (χ1) is 9.33. The molecule has 2 N–H and O–H groups in total. The van der Waals surface area contributed by atoms with Crippen LogP contribution in [0.5, 0.6) is 0 Å². The molecule has 0 aliphatic heterocycles. The number of allylic oxidation sites excluding steroid dienone is 1. The summed E-state index contributed by atoms with van der Waals surface area (Å²) in [6.07, 6.45) is 7.19. The Kier molecular flexibility index (Phi) is 3.04. The number of aliphatic hydroxyl groups is 2. The van der Waals surface area contributed by atoms with Gasteiger partial charge in [-0.2, -0.15) is 0 Å². The van der Waals surface area contributed by atoms with E-state index in [-0.39, 0.29) is 23.4 Å². The number of hydrogen-bond acceptors (Lipinski definition) is 4. The number of aliphatic hydroxyl groups excluding tert-OH is 1. The van der Waals surface area contributed by atoms with Gasteiger partial charge in [0.25, 0.3) is 0 Å². The maximum Gasteiger partial charge on any atom is 0.333 e. The molecule has 4 aliphatic rings. The smallest absolute Gasteiger partial charge is 0.333 e. The molecule has 0 aromatic carbocycles. The van der Waals surface area contributed by atoms with E-state index in [2.05, 4.69) is 0 Å². The zero-order chi connectivity index (χ0) is 14.6. The summed E-state index contributed by atoms with van der Waals surface area (Å²) in [7, 11) is 1.39. The minimum absolute atomic E-state index is 0.138. The molecule has 4 heteroatoms. The van der Waals surface area contributed by atoms with Crippen LogP contribution in [0.1, 0.15) is 45.4 Å². The number of rotatable bonds is 3. The Morgan fingerprint density at radius 2 is 2.05 bits per heavy atom. The zero-order valence-electron chi connectivity index (χ0n) is 12.3. The molecule has 0 spiro atoms.